The topological polar surface area (TPSA) is 74.2 Å². The molecule has 9 heteroatoms. The first-order valence-electron chi connectivity index (χ1n) is 9.63. The molecule has 1 aromatic heterocycles. The Morgan fingerprint density at radius 1 is 1.32 bits per heavy atom. The third-order valence-corrected chi connectivity index (χ3v) is 4.52. The highest BCUT2D eigenvalue weighted by molar-refractivity contribution is 14.0. The van der Waals surface area contributed by atoms with Crippen LogP contribution in [0.2, 0.25) is 0 Å². The number of aromatic nitrogens is 1. The first kappa shape index (κ1) is 24.9. The Morgan fingerprint density at radius 3 is 2.82 bits per heavy atom. The van der Waals surface area contributed by atoms with E-state index in [4.69, 9.17) is 9.47 Å². The van der Waals surface area contributed by atoms with E-state index in [1.807, 2.05) is 12.3 Å². The molecule has 2 rings (SSSR count). The summed E-state index contributed by atoms with van der Waals surface area (Å²) in [5.41, 5.74) is 1.17. The smallest absolute Gasteiger partial charge is 0.191 e. The van der Waals surface area contributed by atoms with Gasteiger partial charge in [0, 0.05) is 71.8 Å². The van der Waals surface area contributed by atoms with Gasteiger partial charge in [0.05, 0.1) is 13.2 Å². The number of morpholine rings is 1. The molecule has 160 valence electrons. The largest absolute Gasteiger partial charge is 0.385 e. The fourth-order valence-electron chi connectivity index (χ4n) is 2.98. The zero-order chi connectivity index (χ0) is 19.3. The molecule has 0 aliphatic carbocycles. The first-order chi connectivity index (χ1) is 13.2. The van der Waals surface area contributed by atoms with Gasteiger partial charge in [0.1, 0.15) is 5.82 Å². The molecule has 1 saturated heterocycles. The average molecular weight is 506 g/mol. The highest BCUT2D eigenvalue weighted by Crippen LogP contribution is 2.18. The van der Waals surface area contributed by atoms with Crippen LogP contribution in [0.15, 0.2) is 23.3 Å². The summed E-state index contributed by atoms with van der Waals surface area (Å²) in [6.07, 6.45) is 2.89. The minimum Gasteiger partial charge on any atom is -0.385 e. The molecule has 1 fully saturated rings. The molecule has 28 heavy (non-hydrogen) atoms. The van der Waals surface area contributed by atoms with Gasteiger partial charge in [-0.2, -0.15) is 0 Å². The van der Waals surface area contributed by atoms with Crippen LogP contribution >= 0.6 is 24.0 Å². The maximum absolute atomic E-state index is 5.45. The molecule has 0 bridgehead atoms. The van der Waals surface area contributed by atoms with Gasteiger partial charge in [-0.15, -0.1) is 24.0 Å². The van der Waals surface area contributed by atoms with Crippen molar-refractivity contribution in [3.63, 3.8) is 0 Å². The molecule has 2 heterocycles. The number of halogens is 1. The maximum Gasteiger partial charge on any atom is 0.191 e. The number of anilines is 1. The second kappa shape index (κ2) is 14.8. The fraction of sp³-hybridized carbons (Fsp3) is 0.684. The second-order valence-corrected chi connectivity index (χ2v) is 6.59. The summed E-state index contributed by atoms with van der Waals surface area (Å²) in [4.78, 5) is 13.5. The lowest BCUT2D eigenvalue weighted by molar-refractivity contribution is 0.122. The molecule has 0 amide bonds. The molecule has 1 aliphatic rings. The van der Waals surface area contributed by atoms with Crippen molar-refractivity contribution in [1.82, 2.24) is 20.5 Å². The summed E-state index contributed by atoms with van der Waals surface area (Å²) in [5, 5.41) is 6.77. The zero-order valence-electron chi connectivity index (χ0n) is 17.3. The third-order valence-electron chi connectivity index (χ3n) is 4.52. The summed E-state index contributed by atoms with van der Waals surface area (Å²) in [6, 6.07) is 4.09. The molecule has 2 N–H and O–H groups in total. The Hall–Kier alpha value is -1.17. The predicted octanol–water partition coefficient (Wildman–Crippen LogP) is 1.17. The SMILES string of the molecule is CN=C(NCCN(C)CCCOC)NCc1cccnc1N1CCOCC1.I. The maximum atomic E-state index is 5.45. The van der Waals surface area contributed by atoms with E-state index in [0.29, 0.717) is 6.54 Å². The highest BCUT2D eigenvalue weighted by atomic mass is 127. The van der Waals surface area contributed by atoms with Crippen molar-refractivity contribution in [2.24, 2.45) is 4.99 Å². The van der Waals surface area contributed by atoms with Crippen molar-refractivity contribution in [3.05, 3.63) is 23.9 Å². The summed E-state index contributed by atoms with van der Waals surface area (Å²) < 4.78 is 10.5. The first-order valence-corrected chi connectivity index (χ1v) is 9.63. The van der Waals surface area contributed by atoms with E-state index >= 15 is 0 Å². The van der Waals surface area contributed by atoms with E-state index in [1.54, 1.807) is 14.2 Å². The van der Waals surface area contributed by atoms with Crippen LogP contribution in [0.4, 0.5) is 5.82 Å². The standard InChI is InChI=1S/C19H34N6O2.HI/c1-20-19(22-8-10-24(2)9-5-13-26-3)23-16-17-6-4-7-21-18(17)25-11-14-27-15-12-25;/h4,6-7H,5,8-16H2,1-3H3,(H2,20,22,23);1H. The minimum absolute atomic E-state index is 0. The molecule has 8 nitrogen and oxygen atoms in total. The zero-order valence-corrected chi connectivity index (χ0v) is 19.6. The van der Waals surface area contributed by atoms with E-state index in [1.165, 1.54) is 5.56 Å². The number of pyridine rings is 1. The van der Waals surface area contributed by atoms with Crippen LogP contribution in [0.5, 0.6) is 0 Å². The lowest BCUT2D eigenvalue weighted by Crippen LogP contribution is -2.41. The van der Waals surface area contributed by atoms with Crippen molar-refractivity contribution >= 4 is 35.8 Å². The molecule has 0 spiro atoms. The Kier molecular flexibility index (Phi) is 13.1. The van der Waals surface area contributed by atoms with E-state index in [9.17, 15) is 0 Å². The van der Waals surface area contributed by atoms with E-state index in [2.05, 4.69) is 43.5 Å². The predicted molar refractivity (Wildman–Crippen MR) is 125 cm³/mol. The number of hydrogen-bond acceptors (Lipinski definition) is 6. The molecule has 1 aromatic rings. The van der Waals surface area contributed by atoms with Crippen LogP contribution in [0.3, 0.4) is 0 Å². The van der Waals surface area contributed by atoms with Crippen LogP contribution in [-0.2, 0) is 16.0 Å². The van der Waals surface area contributed by atoms with Gasteiger partial charge in [-0.1, -0.05) is 6.07 Å². The number of hydrogen-bond donors (Lipinski definition) is 2. The number of aliphatic imine (C=N–C) groups is 1. The van der Waals surface area contributed by atoms with E-state index in [-0.39, 0.29) is 24.0 Å². The number of methoxy groups -OCH3 is 1. The molecule has 0 saturated carbocycles. The second-order valence-electron chi connectivity index (χ2n) is 6.59. The van der Waals surface area contributed by atoms with Crippen LogP contribution in [0.1, 0.15) is 12.0 Å². The molecular formula is C19H35IN6O2. The summed E-state index contributed by atoms with van der Waals surface area (Å²) >= 11 is 0. The van der Waals surface area contributed by atoms with Crippen LogP contribution in [-0.4, -0.2) is 89.6 Å². The summed E-state index contributed by atoms with van der Waals surface area (Å²) in [7, 11) is 5.66. The number of ether oxygens (including phenoxy) is 2. The molecule has 0 aromatic carbocycles. The molecule has 0 unspecified atom stereocenters. The van der Waals surface area contributed by atoms with Gasteiger partial charge in [0.15, 0.2) is 5.96 Å². The highest BCUT2D eigenvalue weighted by Gasteiger charge is 2.15. The lowest BCUT2D eigenvalue weighted by Gasteiger charge is -2.29. The minimum atomic E-state index is 0. The average Bonchev–Trinajstić information content (AvgIpc) is 2.71. The van der Waals surface area contributed by atoms with Crippen LogP contribution < -0.4 is 15.5 Å². The summed E-state index contributed by atoms with van der Waals surface area (Å²) in [5.74, 6) is 1.83. The number of nitrogens with one attached hydrogen (secondary N) is 2. The van der Waals surface area contributed by atoms with Crippen LogP contribution in [0, 0.1) is 0 Å². The summed E-state index contributed by atoms with van der Waals surface area (Å²) in [6.45, 7) is 7.58. The Balaban J connectivity index is 0.00000392. The van der Waals surface area contributed by atoms with Gasteiger partial charge in [-0.3, -0.25) is 4.99 Å². The van der Waals surface area contributed by atoms with Gasteiger partial charge in [0.2, 0.25) is 0 Å². The van der Waals surface area contributed by atoms with Crippen molar-refractivity contribution in [3.8, 4) is 0 Å². The third kappa shape index (κ3) is 8.89. The normalized spacial score (nSPS) is 14.7. The van der Waals surface area contributed by atoms with Crippen LogP contribution in [0.25, 0.3) is 0 Å². The Morgan fingerprint density at radius 2 is 2.11 bits per heavy atom. The number of guanidine groups is 1. The van der Waals surface area contributed by atoms with Gasteiger partial charge >= 0.3 is 0 Å². The van der Waals surface area contributed by atoms with E-state index in [0.717, 1.165) is 70.7 Å². The molecule has 0 atom stereocenters. The molecule has 1 aliphatic heterocycles. The van der Waals surface area contributed by atoms with Crippen molar-refractivity contribution in [2.75, 3.05) is 78.6 Å². The monoisotopic (exact) mass is 506 g/mol. The van der Waals surface area contributed by atoms with Gasteiger partial charge < -0.3 is 29.9 Å². The number of rotatable bonds is 10. The fourth-order valence-corrected chi connectivity index (χ4v) is 2.98. The number of nitrogens with zero attached hydrogens (tertiary/aromatic N) is 4. The van der Waals surface area contributed by atoms with Crippen molar-refractivity contribution < 1.29 is 9.47 Å². The van der Waals surface area contributed by atoms with Gasteiger partial charge in [-0.25, -0.2) is 4.98 Å². The van der Waals surface area contributed by atoms with Crippen molar-refractivity contribution in [1.29, 1.82) is 0 Å². The van der Waals surface area contributed by atoms with E-state index < -0.39 is 0 Å². The quantitative estimate of drug-likeness (QED) is 0.214. The van der Waals surface area contributed by atoms with Gasteiger partial charge in [-0.05, 0) is 19.5 Å². The Labute approximate surface area is 186 Å². The van der Waals surface area contributed by atoms with Gasteiger partial charge in [0.25, 0.3) is 0 Å². The van der Waals surface area contributed by atoms with Crippen molar-refractivity contribution in [2.45, 2.75) is 13.0 Å². The number of likely N-dealkylation sites (N-methyl/N-ethyl adjacent to an activating group) is 1. The lowest BCUT2D eigenvalue weighted by atomic mass is 10.2. The molecule has 0 radical (unpaired) electrons. The Bertz CT molecular complexity index is 569. The molecular weight excluding hydrogens is 471 g/mol.